The summed E-state index contributed by atoms with van der Waals surface area (Å²) in [5, 5.41) is 3.36. The molecule has 0 atom stereocenters. The van der Waals surface area contributed by atoms with E-state index in [0.717, 1.165) is 17.2 Å². The highest BCUT2D eigenvalue weighted by molar-refractivity contribution is 5.95. The average Bonchev–Trinajstić information content (AvgIpc) is 2.46. The minimum absolute atomic E-state index is 0.171. The first-order valence-electron chi connectivity index (χ1n) is 8.59. The van der Waals surface area contributed by atoms with E-state index in [0.29, 0.717) is 0 Å². The quantitative estimate of drug-likeness (QED) is 0.499. The molecule has 2 rings (SSSR count). The first-order chi connectivity index (χ1) is 11.1. The van der Waals surface area contributed by atoms with E-state index in [1.165, 1.54) is 11.1 Å². The minimum Gasteiger partial charge on any atom is -0.344 e. The van der Waals surface area contributed by atoms with Crippen LogP contribution in [-0.2, 0) is 10.8 Å². The summed E-state index contributed by atoms with van der Waals surface area (Å²) >= 11 is 0. The average molecular weight is 322 g/mol. The van der Waals surface area contributed by atoms with Crippen molar-refractivity contribution >= 4 is 17.2 Å². The number of hydrogen-bond acceptors (Lipinski definition) is 1. The Hall–Kier alpha value is -2.09. The number of benzene rings is 2. The van der Waals surface area contributed by atoms with Gasteiger partial charge in [0.05, 0.1) is 5.69 Å². The molecular weight excluding hydrogens is 292 g/mol. The third-order valence-electron chi connectivity index (χ3n) is 4.11. The monoisotopic (exact) mass is 322 g/mol. The van der Waals surface area contributed by atoms with Gasteiger partial charge < -0.3 is 5.32 Å². The van der Waals surface area contributed by atoms with Crippen molar-refractivity contribution in [1.29, 1.82) is 0 Å². The predicted molar refractivity (Wildman–Crippen MR) is 107 cm³/mol. The Morgan fingerprint density at radius 1 is 0.708 bits per heavy atom. The van der Waals surface area contributed by atoms with Crippen molar-refractivity contribution in [3.63, 3.8) is 0 Å². The molecule has 0 saturated carbocycles. The normalized spacial score (nSPS) is 13.0. The largest absolute Gasteiger partial charge is 0.344 e. The summed E-state index contributed by atoms with van der Waals surface area (Å²) in [7, 11) is 0. The minimum atomic E-state index is 0.171. The summed E-state index contributed by atoms with van der Waals surface area (Å²) in [6.07, 6.45) is 0. The van der Waals surface area contributed by atoms with Gasteiger partial charge in [-0.3, -0.25) is 0 Å². The molecule has 0 amide bonds. The topological polar surface area (TPSA) is 24.4 Å². The van der Waals surface area contributed by atoms with E-state index in [1.54, 1.807) is 0 Å². The van der Waals surface area contributed by atoms with Crippen molar-refractivity contribution in [3.8, 4) is 0 Å². The van der Waals surface area contributed by atoms with Crippen molar-refractivity contribution in [1.82, 2.24) is 0 Å². The number of rotatable bonds is 2. The zero-order valence-electron chi connectivity index (χ0n) is 16.1. The lowest BCUT2D eigenvalue weighted by Gasteiger charge is -2.19. The molecule has 0 radical (unpaired) electrons. The van der Waals surface area contributed by atoms with Crippen molar-refractivity contribution in [3.05, 3.63) is 59.7 Å². The van der Waals surface area contributed by atoms with Gasteiger partial charge in [0.25, 0.3) is 0 Å². The SMILES string of the molecule is CC(=Nc1ccc(C(C)(C)C)cc1)Nc1ccc(C(C)(C)C)cc1. The second-order valence-corrected chi connectivity index (χ2v) is 8.45. The molecule has 2 aromatic rings. The third-order valence-corrected chi connectivity index (χ3v) is 4.11. The number of nitrogens with zero attached hydrogens (tertiary/aromatic N) is 1. The zero-order valence-corrected chi connectivity index (χ0v) is 16.1. The summed E-state index contributed by atoms with van der Waals surface area (Å²) in [5.41, 5.74) is 5.04. The Morgan fingerprint density at radius 3 is 1.54 bits per heavy atom. The van der Waals surface area contributed by atoms with Gasteiger partial charge in [0.1, 0.15) is 5.84 Å². The van der Waals surface area contributed by atoms with Crippen LogP contribution in [0, 0.1) is 0 Å². The van der Waals surface area contributed by atoms with Crippen LogP contribution in [-0.4, -0.2) is 5.84 Å². The molecule has 0 heterocycles. The fourth-order valence-electron chi connectivity index (χ4n) is 2.52. The second kappa shape index (κ2) is 6.80. The lowest BCUT2D eigenvalue weighted by atomic mass is 9.87. The van der Waals surface area contributed by atoms with Crippen LogP contribution in [0.5, 0.6) is 0 Å². The summed E-state index contributed by atoms with van der Waals surface area (Å²) in [6.45, 7) is 15.3. The predicted octanol–water partition coefficient (Wildman–Crippen LogP) is 6.44. The van der Waals surface area contributed by atoms with Gasteiger partial charge in [-0.1, -0.05) is 65.8 Å². The van der Waals surface area contributed by atoms with Crippen LogP contribution in [0.15, 0.2) is 53.5 Å². The molecule has 0 spiro atoms. The molecule has 128 valence electrons. The smallest absolute Gasteiger partial charge is 0.103 e. The maximum atomic E-state index is 4.65. The summed E-state index contributed by atoms with van der Waals surface area (Å²) in [6, 6.07) is 17.0. The van der Waals surface area contributed by atoms with Crippen LogP contribution in [0.2, 0.25) is 0 Å². The molecule has 0 aromatic heterocycles. The molecule has 0 saturated heterocycles. The van der Waals surface area contributed by atoms with E-state index in [1.807, 2.05) is 6.92 Å². The van der Waals surface area contributed by atoms with E-state index in [-0.39, 0.29) is 10.8 Å². The highest BCUT2D eigenvalue weighted by Gasteiger charge is 2.13. The summed E-state index contributed by atoms with van der Waals surface area (Å²) in [4.78, 5) is 4.65. The molecular formula is C22H30N2. The Labute approximate surface area is 147 Å². The molecule has 0 aliphatic carbocycles. The van der Waals surface area contributed by atoms with Gasteiger partial charge in [-0.15, -0.1) is 0 Å². The van der Waals surface area contributed by atoms with Gasteiger partial charge in [-0.05, 0) is 53.1 Å². The summed E-state index contributed by atoms with van der Waals surface area (Å²) < 4.78 is 0. The van der Waals surface area contributed by atoms with Crippen molar-refractivity contribution in [2.75, 3.05) is 5.32 Å². The number of amidine groups is 1. The number of hydrogen-bond donors (Lipinski definition) is 1. The third kappa shape index (κ3) is 4.95. The fourth-order valence-corrected chi connectivity index (χ4v) is 2.52. The van der Waals surface area contributed by atoms with Crippen LogP contribution >= 0.6 is 0 Å². The molecule has 24 heavy (non-hydrogen) atoms. The van der Waals surface area contributed by atoms with Gasteiger partial charge in [-0.25, -0.2) is 4.99 Å². The van der Waals surface area contributed by atoms with Gasteiger partial charge in [0, 0.05) is 5.69 Å². The Kier molecular flexibility index (Phi) is 5.17. The molecule has 1 N–H and O–H groups in total. The van der Waals surface area contributed by atoms with Crippen LogP contribution in [0.4, 0.5) is 11.4 Å². The molecule has 0 aliphatic rings. The van der Waals surface area contributed by atoms with Crippen molar-refractivity contribution in [2.24, 2.45) is 4.99 Å². The molecule has 2 heteroatoms. The van der Waals surface area contributed by atoms with E-state index >= 15 is 0 Å². The molecule has 0 bridgehead atoms. The zero-order chi connectivity index (χ0) is 18.0. The first kappa shape index (κ1) is 18.3. The van der Waals surface area contributed by atoms with Crippen molar-refractivity contribution < 1.29 is 0 Å². The molecule has 2 nitrogen and oxygen atoms in total. The second-order valence-electron chi connectivity index (χ2n) is 8.45. The van der Waals surface area contributed by atoms with Gasteiger partial charge in [0.15, 0.2) is 0 Å². The number of nitrogens with one attached hydrogen (secondary N) is 1. The van der Waals surface area contributed by atoms with Gasteiger partial charge >= 0.3 is 0 Å². The fraction of sp³-hybridized carbons (Fsp3) is 0.409. The Balaban J connectivity index is 2.09. The molecule has 0 fully saturated rings. The van der Waals surface area contributed by atoms with E-state index in [2.05, 4.69) is 100 Å². The maximum absolute atomic E-state index is 4.65. The summed E-state index contributed by atoms with van der Waals surface area (Å²) in [5.74, 6) is 0.891. The van der Waals surface area contributed by atoms with Gasteiger partial charge in [-0.2, -0.15) is 0 Å². The van der Waals surface area contributed by atoms with Crippen LogP contribution < -0.4 is 5.32 Å². The van der Waals surface area contributed by atoms with E-state index in [4.69, 9.17) is 0 Å². The standard InChI is InChI=1S/C22H30N2/c1-16(23-19-12-8-17(9-13-19)21(2,3)4)24-20-14-10-18(11-15-20)22(5,6)7/h8-15H,1-7H3,(H,23,24). The first-order valence-corrected chi connectivity index (χ1v) is 8.59. The van der Waals surface area contributed by atoms with Crippen LogP contribution in [0.1, 0.15) is 59.6 Å². The highest BCUT2D eigenvalue weighted by atomic mass is 15.0. The molecule has 0 unspecified atom stereocenters. The van der Waals surface area contributed by atoms with Crippen LogP contribution in [0.3, 0.4) is 0 Å². The molecule has 0 aliphatic heterocycles. The Morgan fingerprint density at radius 2 is 1.12 bits per heavy atom. The highest BCUT2D eigenvalue weighted by Crippen LogP contribution is 2.25. The lowest BCUT2D eigenvalue weighted by molar-refractivity contribution is 0.590. The van der Waals surface area contributed by atoms with Crippen LogP contribution in [0.25, 0.3) is 0 Å². The van der Waals surface area contributed by atoms with Gasteiger partial charge in [0.2, 0.25) is 0 Å². The van der Waals surface area contributed by atoms with E-state index < -0.39 is 0 Å². The van der Waals surface area contributed by atoms with E-state index in [9.17, 15) is 0 Å². The molecule has 2 aromatic carbocycles. The van der Waals surface area contributed by atoms with Crippen molar-refractivity contribution in [2.45, 2.75) is 59.3 Å². The number of anilines is 1. The lowest BCUT2D eigenvalue weighted by Crippen LogP contribution is -2.11. The Bertz CT molecular complexity index is 694. The number of aliphatic imine (C=N–C) groups is 1. The maximum Gasteiger partial charge on any atom is 0.103 e.